The number of pyridine rings is 1. The molecule has 19 heavy (non-hydrogen) atoms. The van der Waals surface area contributed by atoms with Crippen molar-refractivity contribution in [2.45, 2.75) is 33.7 Å². The molecule has 0 radical (unpaired) electrons. The van der Waals surface area contributed by atoms with E-state index in [0.29, 0.717) is 5.92 Å². The number of aryl methyl sites for hydroxylation is 1. The summed E-state index contributed by atoms with van der Waals surface area (Å²) in [6, 6.07) is 2.05. The zero-order chi connectivity index (χ0) is 13.8. The molecule has 0 aliphatic rings. The summed E-state index contributed by atoms with van der Waals surface area (Å²) in [5.74, 6) is 0.629. The van der Waals surface area contributed by atoms with Gasteiger partial charge in [0.25, 0.3) is 0 Å². The van der Waals surface area contributed by atoms with Crippen LogP contribution in [0.15, 0.2) is 18.5 Å². The lowest BCUT2D eigenvalue weighted by Crippen LogP contribution is -2.07. The van der Waals surface area contributed by atoms with Crippen LogP contribution in [0.2, 0.25) is 0 Å². The lowest BCUT2D eigenvalue weighted by molar-refractivity contribution is 0.631. The minimum Gasteiger partial charge on any atom is -0.315 e. The molecule has 0 bridgehead atoms. The van der Waals surface area contributed by atoms with Crippen molar-refractivity contribution >= 4 is 11.3 Å². The lowest BCUT2D eigenvalue weighted by atomic mass is 10.1. The molecule has 0 aliphatic carbocycles. The zero-order valence-corrected chi connectivity index (χ0v) is 12.8. The molecule has 2 aromatic heterocycles. The monoisotopic (exact) mass is 275 g/mol. The van der Waals surface area contributed by atoms with Crippen molar-refractivity contribution < 1.29 is 0 Å². The summed E-state index contributed by atoms with van der Waals surface area (Å²) in [5.41, 5.74) is 3.62. The second-order valence-corrected chi connectivity index (χ2v) is 6.29. The molecule has 1 N–H and O–H groups in total. The van der Waals surface area contributed by atoms with Crippen molar-refractivity contribution in [2.75, 3.05) is 7.05 Å². The summed E-state index contributed by atoms with van der Waals surface area (Å²) in [6.07, 6.45) is 4.78. The molecular formula is C15H21N3S. The van der Waals surface area contributed by atoms with Gasteiger partial charge in [-0.1, -0.05) is 13.8 Å². The van der Waals surface area contributed by atoms with E-state index < -0.39 is 0 Å². The van der Waals surface area contributed by atoms with E-state index in [0.717, 1.165) is 18.0 Å². The van der Waals surface area contributed by atoms with E-state index in [2.05, 4.69) is 37.1 Å². The third-order valence-electron chi connectivity index (χ3n) is 2.97. The van der Waals surface area contributed by atoms with Gasteiger partial charge in [0.1, 0.15) is 5.01 Å². The van der Waals surface area contributed by atoms with Gasteiger partial charge in [0.2, 0.25) is 0 Å². The second kappa shape index (κ2) is 6.26. The number of nitrogens with zero attached hydrogens (tertiary/aromatic N) is 2. The fourth-order valence-corrected chi connectivity index (χ4v) is 3.25. The van der Waals surface area contributed by atoms with Crippen LogP contribution in [0.4, 0.5) is 0 Å². The van der Waals surface area contributed by atoms with E-state index >= 15 is 0 Å². The molecule has 0 aromatic carbocycles. The Morgan fingerprint density at radius 2 is 2.16 bits per heavy atom. The van der Waals surface area contributed by atoms with Gasteiger partial charge >= 0.3 is 0 Å². The van der Waals surface area contributed by atoms with E-state index in [-0.39, 0.29) is 0 Å². The largest absolute Gasteiger partial charge is 0.315 e. The summed E-state index contributed by atoms with van der Waals surface area (Å²) < 4.78 is 0. The molecule has 0 fully saturated rings. The molecule has 2 aromatic rings. The Morgan fingerprint density at radius 3 is 2.79 bits per heavy atom. The number of hydrogen-bond donors (Lipinski definition) is 1. The molecule has 102 valence electrons. The van der Waals surface area contributed by atoms with Crippen molar-refractivity contribution in [1.29, 1.82) is 0 Å². The summed E-state index contributed by atoms with van der Waals surface area (Å²) in [4.78, 5) is 10.3. The van der Waals surface area contributed by atoms with Crippen molar-refractivity contribution in [3.8, 4) is 10.6 Å². The minimum absolute atomic E-state index is 0.629. The van der Waals surface area contributed by atoms with E-state index in [1.165, 1.54) is 21.7 Å². The summed E-state index contributed by atoms with van der Waals surface area (Å²) >= 11 is 1.79. The number of aromatic nitrogens is 2. The molecule has 4 heteroatoms. The van der Waals surface area contributed by atoms with Gasteiger partial charge in [-0.25, -0.2) is 4.98 Å². The topological polar surface area (TPSA) is 37.8 Å². The summed E-state index contributed by atoms with van der Waals surface area (Å²) in [6.45, 7) is 7.45. The zero-order valence-electron chi connectivity index (χ0n) is 12.0. The second-order valence-electron chi connectivity index (χ2n) is 5.21. The Bertz CT molecular complexity index is 546. The van der Waals surface area contributed by atoms with Crippen LogP contribution < -0.4 is 5.32 Å². The Kier molecular flexibility index (Phi) is 4.66. The van der Waals surface area contributed by atoms with Crippen LogP contribution in [0.1, 0.15) is 30.0 Å². The number of hydrogen-bond acceptors (Lipinski definition) is 4. The Labute approximate surface area is 119 Å². The first kappa shape index (κ1) is 14.2. The van der Waals surface area contributed by atoms with Crippen molar-refractivity contribution in [3.63, 3.8) is 0 Å². The van der Waals surface area contributed by atoms with Gasteiger partial charge < -0.3 is 5.32 Å². The third kappa shape index (κ3) is 3.39. The molecule has 0 spiro atoms. The van der Waals surface area contributed by atoms with Gasteiger partial charge in [0, 0.05) is 29.4 Å². The quantitative estimate of drug-likeness (QED) is 0.908. The van der Waals surface area contributed by atoms with Crippen molar-refractivity contribution in [1.82, 2.24) is 15.3 Å². The fraction of sp³-hybridized carbons (Fsp3) is 0.467. The third-order valence-corrected chi connectivity index (χ3v) is 4.10. The van der Waals surface area contributed by atoms with E-state index in [1.54, 1.807) is 11.3 Å². The average molecular weight is 275 g/mol. The van der Waals surface area contributed by atoms with E-state index in [9.17, 15) is 0 Å². The number of thiazole rings is 1. The van der Waals surface area contributed by atoms with Crippen LogP contribution in [0.5, 0.6) is 0 Å². The maximum Gasteiger partial charge on any atom is 0.124 e. The van der Waals surface area contributed by atoms with Crippen LogP contribution in [0.3, 0.4) is 0 Å². The predicted molar refractivity (Wildman–Crippen MR) is 81.4 cm³/mol. The summed E-state index contributed by atoms with van der Waals surface area (Å²) in [7, 11) is 1.98. The molecule has 0 atom stereocenters. The van der Waals surface area contributed by atoms with Gasteiger partial charge in [0.05, 0.1) is 5.69 Å². The van der Waals surface area contributed by atoms with Crippen LogP contribution in [-0.4, -0.2) is 17.0 Å². The van der Waals surface area contributed by atoms with Crippen LogP contribution in [0.25, 0.3) is 10.6 Å². The SMILES string of the molecule is CNCc1sc(-c2ccncc2C)nc1CC(C)C. The van der Waals surface area contributed by atoms with Crippen LogP contribution in [0, 0.1) is 12.8 Å². The van der Waals surface area contributed by atoms with E-state index in [1.807, 2.05) is 19.4 Å². The molecule has 0 saturated carbocycles. The first-order valence-electron chi connectivity index (χ1n) is 6.66. The Hall–Kier alpha value is -1.26. The normalized spacial score (nSPS) is 11.2. The first-order valence-corrected chi connectivity index (χ1v) is 7.47. The molecule has 0 aliphatic heterocycles. The fourth-order valence-electron chi connectivity index (χ4n) is 2.06. The standard InChI is InChI=1S/C15H21N3S/c1-10(2)7-13-14(9-16-4)19-15(18-13)12-5-6-17-8-11(12)3/h5-6,8,10,16H,7,9H2,1-4H3. The molecule has 0 amide bonds. The maximum atomic E-state index is 4.85. The number of nitrogens with one attached hydrogen (secondary N) is 1. The van der Waals surface area contributed by atoms with Gasteiger partial charge in [0.15, 0.2) is 0 Å². The molecule has 3 nitrogen and oxygen atoms in total. The average Bonchev–Trinajstić information content (AvgIpc) is 2.72. The molecular weight excluding hydrogens is 254 g/mol. The van der Waals surface area contributed by atoms with Crippen molar-refractivity contribution in [2.24, 2.45) is 5.92 Å². The minimum atomic E-state index is 0.629. The molecule has 0 unspecified atom stereocenters. The molecule has 0 saturated heterocycles. The smallest absolute Gasteiger partial charge is 0.124 e. The van der Waals surface area contributed by atoms with Crippen LogP contribution in [-0.2, 0) is 13.0 Å². The highest BCUT2D eigenvalue weighted by Crippen LogP contribution is 2.30. The van der Waals surface area contributed by atoms with Gasteiger partial charge in [-0.3, -0.25) is 4.98 Å². The van der Waals surface area contributed by atoms with Gasteiger partial charge in [-0.15, -0.1) is 11.3 Å². The highest BCUT2D eigenvalue weighted by atomic mass is 32.1. The van der Waals surface area contributed by atoms with E-state index in [4.69, 9.17) is 4.98 Å². The highest BCUT2D eigenvalue weighted by molar-refractivity contribution is 7.15. The highest BCUT2D eigenvalue weighted by Gasteiger charge is 2.14. The molecule has 2 rings (SSSR count). The van der Waals surface area contributed by atoms with Crippen LogP contribution >= 0.6 is 11.3 Å². The predicted octanol–water partition coefficient (Wildman–Crippen LogP) is 3.43. The van der Waals surface area contributed by atoms with Crippen molar-refractivity contribution in [3.05, 3.63) is 34.6 Å². The van der Waals surface area contributed by atoms with Gasteiger partial charge in [-0.05, 0) is 37.9 Å². The maximum absolute atomic E-state index is 4.85. The number of rotatable bonds is 5. The Balaban J connectivity index is 2.39. The van der Waals surface area contributed by atoms with Gasteiger partial charge in [-0.2, -0.15) is 0 Å². The molecule has 2 heterocycles. The summed E-state index contributed by atoms with van der Waals surface area (Å²) in [5, 5.41) is 4.35. The Morgan fingerprint density at radius 1 is 1.37 bits per heavy atom. The first-order chi connectivity index (χ1) is 9.11. The lowest BCUT2D eigenvalue weighted by Gasteiger charge is -2.04.